The Hall–Kier alpha value is -3.13. The van der Waals surface area contributed by atoms with Gasteiger partial charge in [0.15, 0.2) is 0 Å². The van der Waals surface area contributed by atoms with Crippen LogP contribution in [0, 0.1) is 13.8 Å². The molecule has 0 fully saturated rings. The first kappa shape index (κ1) is 16.8. The van der Waals surface area contributed by atoms with E-state index in [4.69, 9.17) is 4.98 Å². The van der Waals surface area contributed by atoms with Crippen LogP contribution in [0.15, 0.2) is 54.7 Å². The standard InChI is InChI=1S/C27H24N2/c1-15-13-16(2)25-19(14-15)24-22-17(11-12-28-24)9-10-18-23-20(27(3,4)5)7-6-8-21(23)29(25)26(18)22/h6-14H,1-5H3. The summed E-state index contributed by atoms with van der Waals surface area (Å²) in [7, 11) is 0. The molecule has 3 aromatic carbocycles. The summed E-state index contributed by atoms with van der Waals surface area (Å²) in [6, 6.07) is 18.1. The highest BCUT2D eigenvalue weighted by atomic mass is 14.9. The molecule has 29 heavy (non-hydrogen) atoms. The van der Waals surface area contributed by atoms with E-state index in [2.05, 4.69) is 87.6 Å². The highest BCUT2D eigenvalue weighted by Crippen LogP contribution is 2.44. The van der Waals surface area contributed by atoms with Crippen molar-refractivity contribution >= 4 is 49.0 Å². The number of pyridine rings is 2. The van der Waals surface area contributed by atoms with Gasteiger partial charge in [0.1, 0.15) is 0 Å². The largest absolute Gasteiger partial charge is 0.308 e. The Kier molecular flexibility index (Phi) is 3.05. The fourth-order valence-electron chi connectivity index (χ4n) is 5.31. The Morgan fingerprint density at radius 3 is 2.45 bits per heavy atom. The average Bonchev–Trinajstić information content (AvgIpc) is 3.01. The van der Waals surface area contributed by atoms with E-state index in [9.17, 15) is 0 Å². The number of aromatic nitrogens is 2. The first-order valence-corrected chi connectivity index (χ1v) is 10.3. The minimum Gasteiger partial charge on any atom is -0.308 e. The van der Waals surface area contributed by atoms with E-state index in [0.29, 0.717) is 0 Å². The molecule has 0 unspecified atom stereocenters. The third-order valence-corrected chi connectivity index (χ3v) is 6.41. The zero-order valence-corrected chi connectivity index (χ0v) is 17.6. The van der Waals surface area contributed by atoms with Gasteiger partial charge >= 0.3 is 0 Å². The SMILES string of the molecule is Cc1cc(C)c2c(c1)c1nccc3ccc4c5c(C(C)(C)C)cccc5n2c4c31. The molecule has 2 nitrogen and oxygen atoms in total. The molecule has 0 radical (unpaired) electrons. The number of hydrogen-bond donors (Lipinski definition) is 0. The topological polar surface area (TPSA) is 17.3 Å². The average molecular weight is 377 g/mol. The van der Waals surface area contributed by atoms with Gasteiger partial charge in [-0.3, -0.25) is 4.98 Å². The summed E-state index contributed by atoms with van der Waals surface area (Å²) in [5.41, 5.74) is 9.04. The maximum Gasteiger partial charge on any atom is 0.0822 e. The number of aryl methyl sites for hydroxylation is 2. The van der Waals surface area contributed by atoms with Crippen LogP contribution in [0.5, 0.6) is 0 Å². The fraction of sp³-hybridized carbons (Fsp3) is 0.222. The van der Waals surface area contributed by atoms with E-state index < -0.39 is 0 Å². The second kappa shape index (κ2) is 5.27. The van der Waals surface area contributed by atoms with Crippen molar-refractivity contribution in [3.63, 3.8) is 0 Å². The summed E-state index contributed by atoms with van der Waals surface area (Å²) in [5.74, 6) is 0. The van der Waals surface area contributed by atoms with Gasteiger partial charge in [-0.1, -0.05) is 56.7 Å². The van der Waals surface area contributed by atoms with Crippen molar-refractivity contribution in [2.75, 3.05) is 0 Å². The minimum atomic E-state index is 0.0740. The molecule has 0 aliphatic heterocycles. The van der Waals surface area contributed by atoms with Crippen LogP contribution in [0.4, 0.5) is 0 Å². The van der Waals surface area contributed by atoms with Crippen LogP contribution < -0.4 is 0 Å². The number of fused-ring (bicyclic) bond motifs is 6. The molecule has 0 bridgehead atoms. The van der Waals surface area contributed by atoms with Gasteiger partial charge in [-0.2, -0.15) is 0 Å². The molecule has 6 rings (SSSR count). The Morgan fingerprint density at radius 1 is 0.828 bits per heavy atom. The predicted octanol–water partition coefficient (Wildman–Crippen LogP) is 7.30. The van der Waals surface area contributed by atoms with E-state index in [-0.39, 0.29) is 5.41 Å². The molecule has 0 atom stereocenters. The van der Waals surface area contributed by atoms with Crippen LogP contribution in [0.25, 0.3) is 49.0 Å². The summed E-state index contributed by atoms with van der Waals surface area (Å²) < 4.78 is 2.50. The monoisotopic (exact) mass is 376 g/mol. The molecule has 3 heterocycles. The van der Waals surface area contributed by atoms with E-state index in [1.807, 2.05) is 6.20 Å². The highest BCUT2D eigenvalue weighted by Gasteiger charge is 2.24. The molecule has 2 heteroatoms. The van der Waals surface area contributed by atoms with Gasteiger partial charge in [0.05, 0.1) is 22.1 Å². The summed E-state index contributed by atoms with van der Waals surface area (Å²) >= 11 is 0. The molecule has 0 aliphatic rings. The lowest BCUT2D eigenvalue weighted by Crippen LogP contribution is -2.11. The summed E-state index contributed by atoms with van der Waals surface area (Å²) in [4.78, 5) is 4.87. The molecule has 0 aliphatic carbocycles. The second-order valence-corrected chi connectivity index (χ2v) is 9.48. The van der Waals surface area contributed by atoms with Crippen LogP contribution in [-0.4, -0.2) is 9.38 Å². The van der Waals surface area contributed by atoms with Crippen molar-refractivity contribution in [3.8, 4) is 0 Å². The lowest BCUT2D eigenvalue weighted by Gasteiger charge is -2.20. The molecule has 6 aromatic rings. The third-order valence-electron chi connectivity index (χ3n) is 6.41. The quantitative estimate of drug-likeness (QED) is 0.201. The highest BCUT2D eigenvalue weighted by molar-refractivity contribution is 6.28. The molecule has 0 N–H and O–H groups in total. The van der Waals surface area contributed by atoms with Crippen LogP contribution in [0.1, 0.15) is 37.5 Å². The first-order valence-electron chi connectivity index (χ1n) is 10.3. The lowest BCUT2D eigenvalue weighted by atomic mass is 9.84. The van der Waals surface area contributed by atoms with Crippen molar-refractivity contribution < 1.29 is 0 Å². The number of rotatable bonds is 0. The second-order valence-electron chi connectivity index (χ2n) is 9.48. The Labute approximate surface area is 170 Å². The molecule has 142 valence electrons. The Bertz CT molecular complexity index is 1590. The third kappa shape index (κ3) is 2.04. The van der Waals surface area contributed by atoms with Gasteiger partial charge in [-0.05, 0) is 54.0 Å². The van der Waals surface area contributed by atoms with Gasteiger partial charge < -0.3 is 4.40 Å². The minimum absolute atomic E-state index is 0.0740. The van der Waals surface area contributed by atoms with Crippen molar-refractivity contribution in [2.45, 2.75) is 40.0 Å². The van der Waals surface area contributed by atoms with Gasteiger partial charge in [-0.25, -0.2) is 0 Å². The van der Waals surface area contributed by atoms with Crippen molar-refractivity contribution in [3.05, 3.63) is 71.4 Å². The summed E-state index contributed by atoms with van der Waals surface area (Å²) in [6.45, 7) is 11.3. The fourth-order valence-corrected chi connectivity index (χ4v) is 5.31. The molecule has 0 spiro atoms. The molecule has 0 saturated heterocycles. The lowest BCUT2D eigenvalue weighted by molar-refractivity contribution is 0.596. The van der Waals surface area contributed by atoms with Gasteiger partial charge in [-0.15, -0.1) is 0 Å². The Balaban J connectivity index is 2.08. The summed E-state index contributed by atoms with van der Waals surface area (Å²) in [6.07, 6.45) is 1.95. The van der Waals surface area contributed by atoms with E-state index in [1.165, 1.54) is 60.2 Å². The van der Waals surface area contributed by atoms with Crippen LogP contribution in [0.2, 0.25) is 0 Å². The van der Waals surface area contributed by atoms with Crippen molar-refractivity contribution in [2.24, 2.45) is 0 Å². The van der Waals surface area contributed by atoms with Crippen molar-refractivity contribution in [1.82, 2.24) is 9.38 Å². The predicted molar refractivity (Wildman–Crippen MR) is 125 cm³/mol. The molecule has 3 aromatic heterocycles. The number of nitrogens with zero attached hydrogens (tertiary/aromatic N) is 2. The molecular formula is C27H24N2. The molecule has 0 saturated carbocycles. The number of benzene rings is 3. The van der Waals surface area contributed by atoms with Crippen LogP contribution >= 0.6 is 0 Å². The van der Waals surface area contributed by atoms with Gasteiger partial charge in [0, 0.05) is 27.7 Å². The van der Waals surface area contributed by atoms with Crippen LogP contribution in [0.3, 0.4) is 0 Å². The van der Waals surface area contributed by atoms with E-state index in [1.54, 1.807) is 0 Å². The van der Waals surface area contributed by atoms with E-state index in [0.717, 1.165) is 5.52 Å². The van der Waals surface area contributed by atoms with Gasteiger partial charge in [0.25, 0.3) is 0 Å². The molecular weight excluding hydrogens is 352 g/mol. The Morgan fingerprint density at radius 2 is 1.66 bits per heavy atom. The zero-order valence-electron chi connectivity index (χ0n) is 17.6. The first-order chi connectivity index (χ1) is 13.9. The van der Waals surface area contributed by atoms with Gasteiger partial charge in [0.2, 0.25) is 0 Å². The molecule has 0 amide bonds. The van der Waals surface area contributed by atoms with E-state index >= 15 is 0 Å². The maximum absolute atomic E-state index is 4.87. The number of hydrogen-bond acceptors (Lipinski definition) is 1. The summed E-state index contributed by atoms with van der Waals surface area (Å²) in [5, 5.41) is 6.48. The van der Waals surface area contributed by atoms with Crippen molar-refractivity contribution in [1.29, 1.82) is 0 Å². The van der Waals surface area contributed by atoms with Crippen LogP contribution in [-0.2, 0) is 5.41 Å². The zero-order chi connectivity index (χ0) is 20.1. The smallest absolute Gasteiger partial charge is 0.0822 e. The normalized spacial score (nSPS) is 13.0. The maximum atomic E-state index is 4.87.